The molecule has 0 aromatic carbocycles. The van der Waals surface area contributed by atoms with Crippen LogP contribution in [0.15, 0.2) is 18.3 Å². The van der Waals surface area contributed by atoms with Crippen LogP contribution in [-0.2, 0) is 6.42 Å². The minimum Gasteiger partial charge on any atom is -0.295 e. The van der Waals surface area contributed by atoms with Crippen LogP contribution in [0.3, 0.4) is 0 Å². The number of nitrogens with zero attached hydrogens (tertiary/aromatic N) is 2. The number of aryl methyl sites for hydroxylation is 1. The van der Waals surface area contributed by atoms with Gasteiger partial charge in [-0.1, -0.05) is 13.0 Å². The van der Waals surface area contributed by atoms with E-state index in [1.807, 2.05) is 6.20 Å². The van der Waals surface area contributed by atoms with Crippen molar-refractivity contribution in [3.63, 3.8) is 0 Å². The number of rotatable bonds is 3. The predicted octanol–water partition coefficient (Wildman–Crippen LogP) is 2.80. The normalized spacial score (nSPS) is 19.3. The summed E-state index contributed by atoms with van der Waals surface area (Å²) in [6, 6.07) is 4.87. The third-order valence-electron chi connectivity index (χ3n) is 3.37. The van der Waals surface area contributed by atoms with Gasteiger partial charge in [-0.05, 0) is 50.9 Å². The molecule has 0 spiro atoms. The number of likely N-dealkylation sites (tertiary alicyclic amines) is 1. The maximum atomic E-state index is 4.55. The average molecular weight is 204 g/mol. The van der Waals surface area contributed by atoms with Crippen molar-refractivity contribution in [1.82, 2.24) is 9.88 Å². The third-order valence-corrected chi connectivity index (χ3v) is 3.37. The first kappa shape index (κ1) is 10.6. The SMILES string of the molecule is CCc1ccc(C(C)N2CCCC2)nc1. The van der Waals surface area contributed by atoms with Gasteiger partial charge in [0.05, 0.1) is 5.69 Å². The highest BCUT2D eigenvalue weighted by molar-refractivity contribution is 5.16. The lowest BCUT2D eigenvalue weighted by Crippen LogP contribution is -2.23. The summed E-state index contributed by atoms with van der Waals surface area (Å²) in [6.45, 7) is 6.90. The molecule has 82 valence electrons. The molecular formula is C13H20N2. The van der Waals surface area contributed by atoms with Gasteiger partial charge in [0.2, 0.25) is 0 Å². The lowest BCUT2D eigenvalue weighted by atomic mass is 10.1. The number of aromatic nitrogens is 1. The van der Waals surface area contributed by atoms with Crippen LogP contribution >= 0.6 is 0 Å². The Labute approximate surface area is 92.3 Å². The smallest absolute Gasteiger partial charge is 0.0572 e. The molecule has 1 aliphatic rings. The average Bonchev–Trinajstić information content (AvgIpc) is 2.82. The van der Waals surface area contributed by atoms with Crippen LogP contribution in [0.25, 0.3) is 0 Å². The zero-order chi connectivity index (χ0) is 10.7. The van der Waals surface area contributed by atoms with E-state index in [1.165, 1.54) is 37.2 Å². The number of hydrogen-bond donors (Lipinski definition) is 0. The van der Waals surface area contributed by atoms with Gasteiger partial charge in [0, 0.05) is 12.2 Å². The fourth-order valence-electron chi connectivity index (χ4n) is 2.21. The number of hydrogen-bond acceptors (Lipinski definition) is 2. The fourth-order valence-corrected chi connectivity index (χ4v) is 2.21. The molecule has 2 heterocycles. The zero-order valence-corrected chi connectivity index (χ0v) is 9.74. The molecule has 1 aliphatic heterocycles. The summed E-state index contributed by atoms with van der Waals surface area (Å²) in [7, 11) is 0. The molecule has 15 heavy (non-hydrogen) atoms. The van der Waals surface area contributed by atoms with Gasteiger partial charge in [-0.2, -0.15) is 0 Å². The Bertz CT molecular complexity index is 299. The second kappa shape index (κ2) is 4.75. The standard InChI is InChI=1S/C13H20N2/c1-3-12-6-7-13(14-10-12)11(2)15-8-4-5-9-15/h6-7,10-11H,3-5,8-9H2,1-2H3. The van der Waals surface area contributed by atoms with Gasteiger partial charge in [0.15, 0.2) is 0 Å². The van der Waals surface area contributed by atoms with Crippen LogP contribution in [0, 0.1) is 0 Å². The summed E-state index contributed by atoms with van der Waals surface area (Å²) >= 11 is 0. The highest BCUT2D eigenvalue weighted by Crippen LogP contribution is 2.22. The second-order valence-corrected chi connectivity index (χ2v) is 4.36. The molecule has 2 nitrogen and oxygen atoms in total. The lowest BCUT2D eigenvalue weighted by Gasteiger charge is -2.23. The quantitative estimate of drug-likeness (QED) is 0.752. The van der Waals surface area contributed by atoms with Crippen LogP contribution in [0.1, 0.15) is 44.0 Å². The van der Waals surface area contributed by atoms with Crippen molar-refractivity contribution in [2.75, 3.05) is 13.1 Å². The van der Waals surface area contributed by atoms with E-state index >= 15 is 0 Å². The Balaban J connectivity index is 2.07. The van der Waals surface area contributed by atoms with Crippen LogP contribution < -0.4 is 0 Å². The second-order valence-electron chi connectivity index (χ2n) is 4.36. The largest absolute Gasteiger partial charge is 0.295 e. The molecule has 0 radical (unpaired) electrons. The van der Waals surface area contributed by atoms with Gasteiger partial charge in [0.25, 0.3) is 0 Å². The van der Waals surface area contributed by atoms with Crippen molar-refractivity contribution < 1.29 is 0 Å². The van der Waals surface area contributed by atoms with Crippen molar-refractivity contribution in [2.45, 2.75) is 39.2 Å². The van der Waals surface area contributed by atoms with Crippen molar-refractivity contribution in [3.8, 4) is 0 Å². The summed E-state index contributed by atoms with van der Waals surface area (Å²) in [5.74, 6) is 0. The van der Waals surface area contributed by atoms with E-state index in [4.69, 9.17) is 0 Å². The monoisotopic (exact) mass is 204 g/mol. The highest BCUT2D eigenvalue weighted by Gasteiger charge is 2.19. The third kappa shape index (κ3) is 2.37. The van der Waals surface area contributed by atoms with E-state index in [1.54, 1.807) is 0 Å². The van der Waals surface area contributed by atoms with Crippen LogP contribution in [0.5, 0.6) is 0 Å². The minimum absolute atomic E-state index is 0.485. The topological polar surface area (TPSA) is 16.1 Å². The first-order valence-corrected chi connectivity index (χ1v) is 6.00. The van der Waals surface area contributed by atoms with E-state index in [0.717, 1.165) is 6.42 Å². The van der Waals surface area contributed by atoms with E-state index in [9.17, 15) is 0 Å². The first-order chi connectivity index (χ1) is 7.31. The minimum atomic E-state index is 0.485. The summed E-state index contributed by atoms with van der Waals surface area (Å²) in [4.78, 5) is 7.07. The Morgan fingerprint density at radius 3 is 2.60 bits per heavy atom. The molecule has 0 amide bonds. The van der Waals surface area contributed by atoms with Gasteiger partial charge < -0.3 is 0 Å². The highest BCUT2D eigenvalue weighted by atomic mass is 15.2. The van der Waals surface area contributed by atoms with Gasteiger partial charge in [0.1, 0.15) is 0 Å². The molecule has 1 aromatic heterocycles. The molecule has 0 bridgehead atoms. The summed E-state index contributed by atoms with van der Waals surface area (Å²) in [5, 5.41) is 0. The molecule has 1 aromatic rings. The summed E-state index contributed by atoms with van der Waals surface area (Å²) in [5.41, 5.74) is 2.54. The molecule has 1 atom stereocenters. The Hall–Kier alpha value is -0.890. The maximum Gasteiger partial charge on any atom is 0.0572 e. The summed E-state index contributed by atoms with van der Waals surface area (Å²) < 4.78 is 0. The molecular weight excluding hydrogens is 184 g/mol. The molecule has 0 aliphatic carbocycles. The molecule has 1 saturated heterocycles. The van der Waals surface area contributed by atoms with Crippen molar-refractivity contribution in [1.29, 1.82) is 0 Å². The van der Waals surface area contributed by atoms with Crippen molar-refractivity contribution >= 4 is 0 Å². The van der Waals surface area contributed by atoms with Gasteiger partial charge >= 0.3 is 0 Å². The van der Waals surface area contributed by atoms with Crippen molar-refractivity contribution in [3.05, 3.63) is 29.6 Å². The Morgan fingerprint density at radius 1 is 1.33 bits per heavy atom. The molecule has 0 N–H and O–H groups in total. The summed E-state index contributed by atoms with van der Waals surface area (Å²) in [6.07, 6.45) is 5.78. The molecule has 1 fully saturated rings. The Kier molecular flexibility index (Phi) is 3.37. The molecule has 2 heteroatoms. The number of pyridine rings is 1. The zero-order valence-electron chi connectivity index (χ0n) is 9.74. The van der Waals surface area contributed by atoms with Crippen LogP contribution in [0.2, 0.25) is 0 Å². The van der Waals surface area contributed by atoms with Crippen LogP contribution in [-0.4, -0.2) is 23.0 Å². The Morgan fingerprint density at radius 2 is 2.07 bits per heavy atom. The van der Waals surface area contributed by atoms with E-state index in [0.29, 0.717) is 6.04 Å². The molecule has 0 saturated carbocycles. The fraction of sp³-hybridized carbons (Fsp3) is 0.615. The van der Waals surface area contributed by atoms with Gasteiger partial charge in [-0.3, -0.25) is 9.88 Å². The van der Waals surface area contributed by atoms with Crippen LogP contribution in [0.4, 0.5) is 0 Å². The van der Waals surface area contributed by atoms with Crippen molar-refractivity contribution in [2.24, 2.45) is 0 Å². The van der Waals surface area contributed by atoms with E-state index in [2.05, 4.69) is 35.9 Å². The molecule has 2 rings (SSSR count). The maximum absolute atomic E-state index is 4.55. The first-order valence-electron chi connectivity index (χ1n) is 6.00. The van der Waals surface area contributed by atoms with E-state index < -0.39 is 0 Å². The molecule has 1 unspecified atom stereocenters. The van der Waals surface area contributed by atoms with Gasteiger partial charge in [-0.15, -0.1) is 0 Å². The van der Waals surface area contributed by atoms with Gasteiger partial charge in [-0.25, -0.2) is 0 Å². The van der Waals surface area contributed by atoms with E-state index in [-0.39, 0.29) is 0 Å². The lowest BCUT2D eigenvalue weighted by molar-refractivity contribution is 0.258. The predicted molar refractivity (Wildman–Crippen MR) is 62.8 cm³/mol.